The van der Waals surface area contributed by atoms with Gasteiger partial charge in [-0.25, -0.2) is 13.1 Å². The Hall–Kier alpha value is -2.20. The molecule has 2 aliphatic rings. The Morgan fingerprint density at radius 3 is 2.44 bits per heavy atom. The number of pyridine rings is 1. The highest BCUT2D eigenvalue weighted by atomic mass is 35.5. The summed E-state index contributed by atoms with van der Waals surface area (Å²) in [5.41, 5.74) is 0. The van der Waals surface area contributed by atoms with Crippen LogP contribution in [0.15, 0.2) is 53.7 Å². The molecule has 0 spiro atoms. The summed E-state index contributed by atoms with van der Waals surface area (Å²) in [7, 11) is -3.68. The molecule has 2 aliphatic heterocycles. The maximum atomic E-state index is 12.6. The van der Waals surface area contributed by atoms with Gasteiger partial charge in [-0.15, -0.1) is 0 Å². The lowest BCUT2D eigenvalue weighted by atomic mass is 9.98. The van der Waals surface area contributed by atoms with E-state index in [1.54, 1.807) is 24.5 Å². The lowest BCUT2D eigenvalue weighted by Gasteiger charge is -2.41. The van der Waals surface area contributed by atoms with E-state index < -0.39 is 10.0 Å². The zero-order valence-electron chi connectivity index (χ0n) is 19.1. The van der Waals surface area contributed by atoms with Crippen LogP contribution in [-0.4, -0.2) is 74.0 Å². The average Bonchev–Trinajstić information content (AvgIpc) is 2.85. The van der Waals surface area contributed by atoms with Gasteiger partial charge < -0.3 is 9.64 Å². The molecule has 1 aromatic heterocycles. The molecule has 0 unspecified atom stereocenters. The van der Waals surface area contributed by atoms with Gasteiger partial charge >= 0.3 is 0 Å². The fourth-order valence-corrected chi connectivity index (χ4v) is 5.95. The number of carbonyl (C=O) groups excluding carboxylic acids is 1. The van der Waals surface area contributed by atoms with Crippen LogP contribution in [0.3, 0.4) is 0 Å². The number of aromatic nitrogens is 1. The molecule has 8 nitrogen and oxygen atoms in total. The van der Waals surface area contributed by atoms with Crippen molar-refractivity contribution in [1.82, 2.24) is 19.5 Å². The SMILES string of the molecule is O=C(CCNS(=O)(=O)c1cccc(Cl)c1)N1CCC(N2CCC(Oc3ccncc3)CC2)CC1. The third-order valence-electron chi connectivity index (χ3n) is 6.50. The molecule has 0 aliphatic carbocycles. The largest absolute Gasteiger partial charge is 0.490 e. The van der Waals surface area contributed by atoms with Crippen molar-refractivity contribution in [2.45, 2.75) is 49.1 Å². The summed E-state index contributed by atoms with van der Waals surface area (Å²) in [6.45, 7) is 3.48. The number of piperidine rings is 2. The van der Waals surface area contributed by atoms with Crippen molar-refractivity contribution in [2.75, 3.05) is 32.7 Å². The average molecular weight is 507 g/mol. The first-order valence-corrected chi connectivity index (χ1v) is 13.6. The van der Waals surface area contributed by atoms with Gasteiger partial charge in [-0.05, 0) is 56.0 Å². The molecule has 34 heavy (non-hydrogen) atoms. The molecule has 10 heteroatoms. The van der Waals surface area contributed by atoms with Crippen molar-refractivity contribution >= 4 is 27.5 Å². The summed E-state index contributed by atoms with van der Waals surface area (Å²) >= 11 is 5.88. The molecule has 2 saturated heterocycles. The second-order valence-electron chi connectivity index (χ2n) is 8.75. The van der Waals surface area contributed by atoms with Crippen LogP contribution in [0.1, 0.15) is 32.1 Å². The zero-order chi connectivity index (χ0) is 24.0. The highest BCUT2D eigenvalue weighted by molar-refractivity contribution is 7.89. The minimum atomic E-state index is -3.68. The number of ether oxygens (including phenoxy) is 1. The molecular weight excluding hydrogens is 476 g/mol. The monoisotopic (exact) mass is 506 g/mol. The number of halogens is 1. The Balaban J connectivity index is 1.16. The van der Waals surface area contributed by atoms with Crippen molar-refractivity contribution in [3.05, 3.63) is 53.8 Å². The number of rotatable bonds is 8. The summed E-state index contributed by atoms with van der Waals surface area (Å²) in [6, 6.07) is 10.3. The summed E-state index contributed by atoms with van der Waals surface area (Å²) in [5, 5.41) is 0.354. The highest BCUT2D eigenvalue weighted by Crippen LogP contribution is 2.24. The number of carbonyl (C=O) groups is 1. The Morgan fingerprint density at radius 1 is 1.06 bits per heavy atom. The minimum absolute atomic E-state index is 0.0169. The molecule has 1 aromatic carbocycles. The zero-order valence-corrected chi connectivity index (χ0v) is 20.7. The van der Waals surface area contributed by atoms with Crippen LogP contribution in [0.2, 0.25) is 5.02 Å². The summed E-state index contributed by atoms with van der Waals surface area (Å²) in [4.78, 5) is 21.1. The molecule has 4 rings (SSSR count). The maximum absolute atomic E-state index is 12.6. The van der Waals surface area contributed by atoms with Crippen LogP contribution in [0.25, 0.3) is 0 Å². The molecule has 0 bridgehead atoms. The van der Waals surface area contributed by atoms with Gasteiger partial charge in [0, 0.05) is 62.6 Å². The molecule has 0 atom stereocenters. The summed E-state index contributed by atoms with van der Waals surface area (Å²) < 4.78 is 33.3. The molecule has 2 aromatic rings. The number of nitrogens with one attached hydrogen (secondary N) is 1. The summed E-state index contributed by atoms with van der Waals surface area (Å²) in [5.74, 6) is 0.854. The van der Waals surface area contributed by atoms with E-state index in [2.05, 4.69) is 14.6 Å². The normalized spacial score (nSPS) is 18.7. The van der Waals surface area contributed by atoms with Gasteiger partial charge in [0.25, 0.3) is 0 Å². The first-order valence-electron chi connectivity index (χ1n) is 11.7. The van der Waals surface area contributed by atoms with Gasteiger partial charge in [0.2, 0.25) is 15.9 Å². The first-order chi connectivity index (χ1) is 16.4. The second kappa shape index (κ2) is 11.5. The van der Waals surface area contributed by atoms with E-state index in [0.717, 1.165) is 44.5 Å². The van der Waals surface area contributed by atoms with Gasteiger partial charge in [0.05, 0.1) is 4.90 Å². The van der Waals surface area contributed by atoms with Gasteiger partial charge in [0.1, 0.15) is 11.9 Å². The van der Waals surface area contributed by atoms with Crippen LogP contribution in [0.4, 0.5) is 0 Å². The van der Waals surface area contributed by atoms with E-state index in [-0.39, 0.29) is 29.9 Å². The third-order valence-corrected chi connectivity index (χ3v) is 8.19. The molecule has 1 amide bonds. The van der Waals surface area contributed by atoms with E-state index in [0.29, 0.717) is 24.2 Å². The number of sulfonamides is 1. The number of hydrogen-bond acceptors (Lipinski definition) is 6. The van der Waals surface area contributed by atoms with Gasteiger partial charge in [-0.3, -0.25) is 14.7 Å². The quantitative estimate of drug-likeness (QED) is 0.592. The van der Waals surface area contributed by atoms with E-state index in [4.69, 9.17) is 16.3 Å². The smallest absolute Gasteiger partial charge is 0.240 e. The fourth-order valence-electron chi connectivity index (χ4n) is 4.62. The van der Waals surface area contributed by atoms with Crippen molar-refractivity contribution in [3.63, 3.8) is 0 Å². The first kappa shape index (κ1) is 24.9. The molecule has 0 radical (unpaired) electrons. The van der Waals surface area contributed by atoms with Crippen molar-refractivity contribution in [3.8, 4) is 5.75 Å². The minimum Gasteiger partial charge on any atom is -0.490 e. The molecular formula is C24H31ClN4O4S. The highest BCUT2D eigenvalue weighted by Gasteiger charge is 2.30. The standard InChI is InChI=1S/C24H31ClN4O4S/c25-19-2-1-3-23(18-19)34(31,32)27-13-6-24(30)29-14-7-20(8-15-29)28-16-9-22(10-17-28)33-21-4-11-26-12-5-21/h1-5,11-12,18,20,22,27H,6-10,13-17H2. The van der Waals surface area contributed by atoms with E-state index in [9.17, 15) is 13.2 Å². The van der Waals surface area contributed by atoms with Gasteiger partial charge in [-0.2, -0.15) is 0 Å². The van der Waals surface area contributed by atoms with E-state index >= 15 is 0 Å². The Morgan fingerprint density at radius 2 is 1.76 bits per heavy atom. The Bertz CT molecular complexity index is 1050. The predicted molar refractivity (Wildman–Crippen MR) is 130 cm³/mol. The van der Waals surface area contributed by atoms with Gasteiger partial charge in [-0.1, -0.05) is 17.7 Å². The second-order valence-corrected chi connectivity index (χ2v) is 11.0. The number of benzene rings is 1. The van der Waals surface area contributed by atoms with Crippen LogP contribution < -0.4 is 9.46 Å². The Labute approximate surface area is 206 Å². The van der Waals surface area contributed by atoms with Crippen molar-refractivity contribution in [2.24, 2.45) is 0 Å². The molecule has 2 fully saturated rings. The van der Waals surface area contributed by atoms with Crippen LogP contribution >= 0.6 is 11.6 Å². The lowest BCUT2D eigenvalue weighted by molar-refractivity contribution is -0.132. The lowest BCUT2D eigenvalue weighted by Crippen LogP contribution is -2.50. The molecule has 0 saturated carbocycles. The van der Waals surface area contributed by atoms with Crippen molar-refractivity contribution < 1.29 is 17.9 Å². The topological polar surface area (TPSA) is 91.8 Å². The number of hydrogen-bond donors (Lipinski definition) is 1. The maximum Gasteiger partial charge on any atom is 0.240 e. The van der Waals surface area contributed by atoms with Gasteiger partial charge in [0.15, 0.2) is 0 Å². The van der Waals surface area contributed by atoms with Crippen LogP contribution in [0.5, 0.6) is 5.75 Å². The molecule has 184 valence electrons. The van der Waals surface area contributed by atoms with Crippen LogP contribution in [-0.2, 0) is 14.8 Å². The molecule has 1 N–H and O–H groups in total. The number of amides is 1. The van der Waals surface area contributed by atoms with E-state index in [1.165, 1.54) is 12.1 Å². The Kier molecular flexibility index (Phi) is 8.41. The number of likely N-dealkylation sites (tertiary alicyclic amines) is 2. The summed E-state index contributed by atoms with van der Waals surface area (Å²) in [6.07, 6.45) is 7.73. The third kappa shape index (κ3) is 6.69. The molecule has 3 heterocycles. The van der Waals surface area contributed by atoms with Crippen molar-refractivity contribution in [1.29, 1.82) is 0 Å². The number of nitrogens with zero attached hydrogens (tertiary/aromatic N) is 3. The predicted octanol–water partition coefficient (Wildman–Crippen LogP) is 2.94. The van der Waals surface area contributed by atoms with E-state index in [1.807, 2.05) is 17.0 Å². The fraction of sp³-hybridized carbons (Fsp3) is 0.500. The van der Waals surface area contributed by atoms with Crippen LogP contribution in [0, 0.1) is 0 Å².